The SMILES string of the molecule is C=CCN1CC[C@@H](CNS(=O)(=O)c2ccc(C(=O)NC3CCC3)cc2)C1. The summed E-state index contributed by atoms with van der Waals surface area (Å²) in [5.74, 6) is 0.178. The van der Waals surface area contributed by atoms with Crippen molar-refractivity contribution in [2.45, 2.75) is 36.6 Å². The topological polar surface area (TPSA) is 78.5 Å². The van der Waals surface area contributed by atoms with Gasteiger partial charge in [0.15, 0.2) is 0 Å². The van der Waals surface area contributed by atoms with Crippen LogP contribution < -0.4 is 10.0 Å². The predicted molar refractivity (Wildman–Crippen MR) is 101 cm³/mol. The Hall–Kier alpha value is -1.70. The molecular weight excluding hydrogens is 350 g/mol. The second kappa shape index (κ2) is 8.33. The summed E-state index contributed by atoms with van der Waals surface area (Å²) in [5.41, 5.74) is 0.492. The molecule has 2 fully saturated rings. The van der Waals surface area contributed by atoms with Gasteiger partial charge >= 0.3 is 0 Å². The van der Waals surface area contributed by atoms with Crippen molar-refractivity contribution in [2.24, 2.45) is 5.92 Å². The van der Waals surface area contributed by atoms with Crippen LogP contribution in [0.2, 0.25) is 0 Å². The highest BCUT2D eigenvalue weighted by Crippen LogP contribution is 2.19. The number of likely N-dealkylation sites (tertiary alicyclic amines) is 1. The van der Waals surface area contributed by atoms with Gasteiger partial charge in [-0.05, 0) is 62.4 Å². The van der Waals surface area contributed by atoms with Gasteiger partial charge in [-0.1, -0.05) is 6.08 Å². The summed E-state index contributed by atoms with van der Waals surface area (Å²) >= 11 is 0. The third-order valence-electron chi connectivity index (χ3n) is 5.19. The van der Waals surface area contributed by atoms with Gasteiger partial charge in [-0.2, -0.15) is 0 Å². The summed E-state index contributed by atoms with van der Waals surface area (Å²) < 4.78 is 27.6. The van der Waals surface area contributed by atoms with Crippen LogP contribution in [0.1, 0.15) is 36.0 Å². The maximum atomic E-state index is 12.5. The van der Waals surface area contributed by atoms with Crippen molar-refractivity contribution in [3.8, 4) is 0 Å². The van der Waals surface area contributed by atoms with E-state index in [1.165, 1.54) is 12.1 Å². The van der Waals surface area contributed by atoms with Gasteiger partial charge in [0.2, 0.25) is 10.0 Å². The summed E-state index contributed by atoms with van der Waals surface area (Å²) in [7, 11) is -3.56. The van der Waals surface area contributed by atoms with Gasteiger partial charge in [0, 0.05) is 31.2 Å². The van der Waals surface area contributed by atoms with Gasteiger partial charge < -0.3 is 5.32 Å². The molecule has 1 aliphatic carbocycles. The van der Waals surface area contributed by atoms with Crippen molar-refractivity contribution in [3.05, 3.63) is 42.5 Å². The average Bonchev–Trinajstić information content (AvgIpc) is 3.04. The first-order chi connectivity index (χ1) is 12.5. The van der Waals surface area contributed by atoms with E-state index in [4.69, 9.17) is 0 Å². The molecule has 3 rings (SSSR count). The Labute approximate surface area is 155 Å². The summed E-state index contributed by atoms with van der Waals surface area (Å²) in [6, 6.07) is 6.40. The highest BCUT2D eigenvalue weighted by molar-refractivity contribution is 7.89. The van der Waals surface area contributed by atoms with Gasteiger partial charge in [0.25, 0.3) is 5.91 Å². The molecule has 1 aromatic rings. The molecule has 1 amide bonds. The Balaban J connectivity index is 1.53. The van der Waals surface area contributed by atoms with E-state index in [0.717, 1.165) is 45.3 Å². The van der Waals surface area contributed by atoms with Crippen molar-refractivity contribution >= 4 is 15.9 Å². The predicted octanol–water partition coefficient (Wildman–Crippen LogP) is 1.76. The van der Waals surface area contributed by atoms with Crippen LogP contribution in [0.3, 0.4) is 0 Å². The van der Waals surface area contributed by atoms with Gasteiger partial charge in [0.05, 0.1) is 4.90 Å². The zero-order chi connectivity index (χ0) is 18.6. The number of rotatable bonds is 8. The lowest BCUT2D eigenvalue weighted by Gasteiger charge is -2.26. The monoisotopic (exact) mass is 377 g/mol. The fraction of sp³-hybridized carbons (Fsp3) is 0.526. The van der Waals surface area contributed by atoms with Crippen molar-refractivity contribution in [1.82, 2.24) is 14.9 Å². The van der Waals surface area contributed by atoms with Crippen LogP contribution in [0.15, 0.2) is 41.8 Å². The number of benzene rings is 1. The number of carbonyl (C=O) groups is 1. The van der Waals surface area contributed by atoms with E-state index in [1.807, 2.05) is 6.08 Å². The second-order valence-electron chi connectivity index (χ2n) is 7.18. The summed E-state index contributed by atoms with van der Waals surface area (Å²) in [6.07, 6.45) is 6.05. The molecule has 1 atom stereocenters. The van der Waals surface area contributed by atoms with Crippen molar-refractivity contribution in [1.29, 1.82) is 0 Å². The molecule has 2 N–H and O–H groups in total. The number of nitrogens with one attached hydrogen (secondary N) is 2. The first kappa shape index (κ1) is 19.1. The van der Waals surface area contributed by atoms with Crippen LogP contribution in [0.25, 0.3) is 0 Å². The van der Waals surface area contributed by atoms with Crippen LogP contribution in [-0.2, 0) is 10.0 Å². The van der Waals surface area contributed by atoms with Crippen molar-refractivity contribution < 1.29 is 13.2 Å². The molecule has 0 unspecified atom stereocenters. The normalized spacial score (nSPS) is 21.3. The number of hydrogen-bond acceptors (Lipinski definition) is 4. The number of nitrogens with zero attached hydrogens (tertiary/aromatic N) is 1. The van der Waals surface area contributed by atoms with Gasteiger partial charge in [-0.15, -0.1) is 6.58 Å². The van der Waals surface area contributed by atoms with E-state index in [1.54, 1.807) is 12.1 Å². The average molecular weight is 378 g/mol. The fourth-order valence-corrected chi connectivity index (χ4v) is 4.46. The van der Waals surface area contributed by atoms with E-state index in [0.29, 0.717) is 18.0 Å². The summed E-state index contributed by atoms with van der Waals surface area (Å²) in [6.45, 7) is 6.87. The molecule has 0 aromatic heterocycles. The molecular formula is C19H27N3O3S. The highest BCUT2D eigenvalue weighted by atomic mass is 32.2. The quantitative estimate of drug-likeness (QED) is 0.677. The number of carbonyl (C=O) groups excluding carboxylic acids is 1. The minimum absolute atomic E-state index is 0.139. The maximum absolute atomic E-state index is 12.5. The molecule has 7 heteroatoms. The molecule has 142 valence electrons. The molecule has 1 saturated heterocycles. The van der Waals surface area contributed by atoms with Crippen LogP contribution in [0, 0.1) is 5.92 Å². The smallest absolute Gasteiger partial charge is 0.251 e. The molecule has 1 saturated carbocycles. The zero-order valence-corrected chi connectivity index (χ0v) is 15.8. The van der Waals surface area contributed by atoms with E-state index in [2.05, 4.69) is 21.5 Å². The Morgan fingerprint density at radius 1 is 1.23 bits per heavy atom. The summed E-state index contributed by atoms with van der Waals surface area (Å²) in [5, 5.41) is 2.95. The van der Waals surface area contributed by atoms with E-state index in [-0.39, 0.29) is 16.8 Å². The minimum atomic E-state index is -3.56. The van der Waals surface area contributed by atoms with E-state index in [9.17, 15) is 13.2 Å². The lowest BCUT2D eigenvalue weighted by atomic mass is 9.93. The van der Waals surface area contributed by atoms with E-state index < -0.39 is 10.0 Å². The lowest BCUT2D eigenvalue weighted by molar-refractivity contribution is 0.0917. The third-order valence-corrected chi connectivity index (χ3v) is 6.63. The Kier molecular flexibility index (Phi) is 6.11. The highest BCUT2D eigenvalue weighted by Gasteiger charge is 2.24. The molecule has 0 radical (unpaired) electrons. The minimum Gasteiger partial charge on any atom is -0.349 e. The standard InChI is InChI=1S/C19H27N3O3S/c1-2-11-22-12-10-15(14-22)13-20-26(24,25)18-8-6-16(7-9-18)19(23)21-17-4-3-5-17/h2,6-9,15,17,20H,1,3-5,10-14H2,(H,21,23)/t15-/m0/s1. The molecule has 26 heavy (non-hydrogen) atoms. The molecule has 2 aliphatic rings. The Bertz CT molecular complexity index is 742. The molecule has 0 spiro atoms. The van der Waals surface area contributed by atoms with Gasteiger partial charge in [-0.3, -0.25) is 9.69 Å². The largest absolute Gasteiger partial charge is 0.349 e. The molecule has 1 aliphatic heterocycles. The number of sulfonamides is 1. The molecule has 0 bridgehead atoms. The number of hydrogen-bond donors (Lipinski definition) is 2. The van der Waals surface area contributed by atoms with Gasteiger partial charge in [0.1, 0.15) is 0 Å². The first-order valence-corrected chi connectivity index (χ1v) is 10.7. The summed E-state index contributed by atoms with van der Waals surface area (Å²) in [4.78, 5) is 14.6. The maximum Gasteiger partial charge on any atom is 0.251 e. The Morgan fingerprint density at radius 2 is 1.96 bits per heavy atom. The second-order valence-corrected chi connectivity index (χ2v) is 8.95. The van der Waals surface area contributed by atoms with Crippen LogP contribution in [0.5, 0.6) is 0 Å². The first-order valence-electron chi connectivity index (χ1n) is 9.22. The third kappa shape index (κ3) is 4.72. The van der Waals surface area contributed by atoms with Crippen LogP contribution >= 0.6 is 0 Å². The Morgan fingerprint density at radius 3 is 2.58 bits per heavy atom. The lowest BCUT2D eigenvalue weighted by Crippen LogP contribution is -2.39. The fourth-order valence-electron chi connectivity index (χ4n) is 3.35. The number of amides is 1. The van der Waals surface area contributed by atoms with Crippen molar-refractivity contribution in [3.63, 3.8) is 0 Å². The van der Waals surface area contributed by atoms with Crippen LogP contribution in [0.4, 0.5) is 0 Å². The molecule has 1 aromatic carbocycles. The zero-order valence-electron chi connectivity index (χ0n) is 15.0. The van der Waals surface area contributed by atoms with E-state index >= 15 is 0 Å². The van der Waals surface area contributed by atoms with Crippen molar-refractivity contribution in [2.75, 3.05) is 26.2 Å². The van der Waals surface area contributed by atoms with Crippen LogP contribution in [-0.4, -0.2) is 51.4 Å². The van der Waals surface area contributed by atoms with Gasteiger partial charge in [-0.25, -0.2) is 13.1 Å². The molecule has 6 nitrogen and oxygen atoms in total. The molecule has 1 heterocycles.